The largest absolute Gasteiger partial charge is 0.298 e. The zero-order valence-corrected chi connectivity index (χ0v) is 14.7. The van der Waals surface area contributed by atoms with Crippen molar-refractivity contribution in [1.82, 2.24) is 14.9 Å². The molecular weight excluding hydrogens is 314 g/mol. The SMILES string of the molecule is Cc1ccccc1CC1CN(Cc2cnc(-c3cccnc3)s2)C1. The predicted molar refractivity (Wildman–Crippen MR) is 99.0 cm³/mol. The molecule has 1 fully saturated rings. The van der Waals surface area contributed by atoms with E-state index in [-0.39, 0.29) is 0 Å². The number of hydrogen-bond donors (Lipinski definition) is 0. The van der Waals surface area contributed by atoms with Gasteiger partial charge in [-0.3, -0.25) is 9.88 Å². The average Bonchev–Trinajstić information content (AvgIpc) is 3.04. The molecule has 3 heterocycles. The van der Waals surface area contributed by atoms with Crippen molar-refractivity contribution in [3.8, 4) is 10.6 Å². The van der Waals surface area contributed by atoms with Gasteiger partial charge in [-0.05, 0) is 42.5 Å². The lowest BCUT2D eigenvalue weighted by Crippen LogP contribution is -2.46. The van der Waals surface area contributed by atoms with Gasteiger partial charge in [-0.1, -0.05) is 24.3 Å². The molecule has 0 N–H and O–H groups in total. The highest BCUT2D eigenvalue weighted by atomic mass is 32.1. The Bertz CT molecular complexity index is 807. The molecule has 0 atom stereocenters. The van der Waals surface area contributed by atoms with Gasteiger partial charge < -0.3 is 0 Å². The fourth-order valence-corrected chi connectivity index (χ4v) is 4.25. The molecule has 0 aliphatic carbocycles. The van der Waals surface area contributed by atoms with E-state index in [9.17, 15) is 0 Å². The van der Waals surface area contributed by atoms with E-state index < -0.39 is 0 Å². The highest BCUT2D eigenvalue weighted by Gasteiger charge is 2.27. The smallest absolute Gasteiger partial charge is 0.125 e. The third-order valence-electron chi connectivity index (χ3n) is 4.64. The van der Waals surface area contributed by atoms with Gasteiger partial charge >= 0.3 is 0 Å². The zero-order chi connectivity index (χ0) is 16.4. The summed E-state index contributed by atoms with van der Waals surface area (Å²) in [5.41, 5.74) is 4.02. The van der Waals surface area contributed by atoms with E-state index in [2.05, 4.69) is 52.1 Å². The summed E-state index contributed by atoms with van der Waals surface area (Å²) >= 11 is 1.78. The first-order chi connectivity index (χ1) is 11.8. The Balaban J connectivity index is 1.31. The fourth-order valence-electron chi connectivity index (χ4n) is 3.31. The Kier molecular flexibility index (Phi) is 4.41. The molecule has 0 bridgehead atoms. The number of rotatable bonds is 5. The molecule has 0 radical (unpaired) electrons. The summed E-state index contributed by atoms with van der Waals surface area (Å²) < 4.78 is 0. The highest BCUT2D eigenvalue weighted by molar-refractivity contribution is 7.15. The van der Waals surface area contributed by atoms with E-state index >= 15 is 0 Å². The van der Waals surface area contributed by atoms with E-state index in [0.717, 1.165) is 23.0 Å². The molecule has 0 unspecified atom stereocenters. The van der Waals surface area contributed by atoms with Crippen molar-refractivity contribution in [3.05, 3.63) is 71.0 Å². The van der Waals surface area contributed by atoms with E-state index in [4.69, 9.17) is 0 Å². The molecule has 1 saturated heterocycles. The second-order valence-electron chi connectivity index (χ2n) is 6.56. The number of thiazole rings is 1. The molecule has 4 rings (SSSR count). The molecule has 1 aliphatic rings. The Morgan fingerprint density at radius 1 is 1.12 bits per heavy atom. The first-order valence-corrected chi connectivity index (χ1v) is 9.21. The van der Waals surface area contributed by atoms with E-state index in [0.29, 0.717) is 0 Å². The average molecular weight is 335 g/mol. The summed E-state index contributed by atoms with van der Waals surface area (Å²) in [7, 11) is 0. The van der Waals surface area contributed by atoms with Crippen molar-refractivity contribution in [2.45, 2.75) is 19.9 Å². The first kappa shape index (κ1) is 15.5. The Morgan fingerprint density at radius 3 is 2.79 bits per heavy atom. The lowest BCUT2D eigenvalue weighted by molar-refractivity contribution is 0.0936. The first-order valence-electron chi connectivity index (χ1n) is 8.40. The maximum atomic E-state index is 4.55. The summed E-state index contributed by atoms with van der Waals surface area (Å²) in [6.45, 7) is 5.61. The molecule has 0 saturated carbocycles. The van der Waals surface area contributed by atoms with Crippen molar-refractivity contribution in [2.24, 2.45) is 5.92 Å². The van der Waals surface area contributed by atoms with E-state index in [1.54, 1.807) is 17.5 Å². The summed E-state index contributed by atoms with van der Waals surface area (Å²) in [5.74, 6) is 0.789. The highest BCUT2D eigenvalue weighted by Crippen LogP contribution is 2.28. The van der Waals surface area contributed by atoms with Crippen molar-refractivity contribution >= 4 is 11.3 Å². The number of pyridine rings is 1. The van der Waals surface area contributed by atoms with Crippen LogP contribution in [0.4, 0.5) is 0 Å². The molecule has 3 aromatic rings. The molecule has 0 amide bonds. The number of hydrogen-bond acceptors (Lipinski definition) is 4. The number of nitrogens with zero attached hydrogens (tertiary/aromatic N) is 3. The molecule has 2 aromatic heterocycles. The minimum Gasteiger partial charge on any atom is -0.298 e. The molecule has 4 heteroatoms. The van der Waals surface area contributed by atoms with Crippen LogP contribution in [0, 0.1) is 12.8 Å². The van der Waals surface area contributed by atoms with Crippen LogP contribution in [0.2, 0.25) is 0 Å². The molecule has 24 heavy (non-hydrogen) atoms. The fraction of sp³-hybridized carbons (Fsp3) is 0.300. The van der Waals surface area contributed by atoms with Gasteiger partial charge in [0.2, 0.25) is 0 Å². The molecule has 122 valence electrons. The third kappa shape index (κ3) is 3.40. The van der Waals surface area contributed by atoms with Crippen LogP contribution in [0.3, 0.4) is 0 Å². The lowest BCUT2D eigenvalue weighted by atomic mass is 9.90. The normalized spacial score (nSPS) is 15.4. The van der Waals surface area contributed by atoms with Crippen LogP contribution in [0.25, 0.3) is 10.6 Å². The standard InChI is InChI=1S/C20H21N3S/c1-15-5-2-3-6-17(15)9-16-12-23(13-16)14-19-11-22-20(24-19)18-7-4-8-21-10-18/h2-8,10-11,16H,9,12-14H2,1H3. The maximum Gasteiger partial charge on any atom is 0.125 e. The van der Waals surface area contributed by atoms with Crippen LogP contribution in [0.5, 0.6) is 0 Å². The summed E-state index contributed by atoms with van der Waals surface area (Å²) in [6.07, 6.45) is 6.89. The number of benzene rings is 1. The topological polar surface area (TPSA) is 29.0 Å². The van der Waals surface area contributed by atoms with E-state index in [1.807, 2.05) is 18.5 Å². The molecule has 1 aromatic carbocycles. The third-order valence-corrected chi connectivity index (χ3v) is 5.68. The molecule has 1 aliphatic heterocycles. The minimum atomic E-state index is 0.789. The Labute approximate surface area is 147 Å². The molecule has 0 spiro atoms. The van der Waals surface area contributed by atoms with Gasteiger partial charge in [0.1, 0.15) is 5.01 Å². The van der Waals surface area contributed by atoms with Gasteiger partial charge in [0, 0.05) is 48.7 Å². The predicted octanol–water partition coefficient (Wildman–Crippen LogP) is 4.19. The summed E-state index contributed by atoms with van der Waals surface area (Å²) in [5, 5.41) is 1.06. The van der Waals surface area contributed by atoms with Crippen molar-refractivity contribution in [1.29, 1.82) is 0 Å². The van der Waals surface area contributed by atoms with Crippen molar-refractivity contribution < 1.29 is 0 Å². The van der Waals surface area contributed by atoms with Gasteiger partial charge in [-0.25, -0.2) is 4.98 Å². The van der Waals surface area contributed by atoms with Gasteiger partial charge in [-0.15, -0.1) is 11.3 Å². The molecule has 3 nitrogen and oxygen atoms in total. The van der Waals surface area contributed by atoms with Crippen molar-refractivity contribution in [3.63, 3.8) is 0 Å². The quantitative estimate of drug-likeness (QED) is 0.700. The van der Waals surface area contributed by atoms with Crippen LogP contribution >= 0.6 is 11.3 Å². The van der Waals surface area contributed by atoms with Crippen LogP contribution in [0.1, 0.15) is 16.0 Å². The van der Waals surface area contributed by atoms with Crippen LogP contribution < -0.4 is 0 Å². The number of aromatic nitrogens is 2. The molecular formula is C20H21N3S. The Morgan fingerprint density at radius 2 is 2.00 bits per heavy atom. The Hall–Kier alpha value is -2.04. The van der Waals surface area contributed by atoms with Crippen molar-refractivity contribution in [2.75, 3.05) is 13.1 Å². The monoisotopic (exact) mass is 335 g/mol. The van der Waals surface area contributed by atoms with Gasteiger partial charge in [0.15, 0.2) is 0 Å². The van der Waals surface area contributed by atoms with Gasteiger partial charge in [0.25, 0.3) is 0 Å². The second kappa shape index (κ2) is 6.83. The lowest BCUT2D eigenvalue weighted by Gasteiger charge is -2.39. The number of aryl methyl sites for hydroxylation is 1. The zero-order valence-electron chi connectivity index (χ0n) is 13.9. The minimum absolute atomic E-state index is 0.789. The number of likely N-dealkylation sites (tertiary alicyclic amines) is 1. The summed E-state index contributed by atoms with van der Waals surface area (Å²) in [6, 6.07) is 12.8. The van der Waals surface area contributed by atoms with Gasteiger partial charge in [0.05, 0.1) is 0 Å². The van der Waals surface area contributed by atoms with Crippen LogP contribution in [0.15, 0.2) is 55.0 Å². The maximum absolute atomic E-state index is 4.55. The van der Waals surface area contributed by atoms with Gasteiger partial charge in [-0.2, -0.15) is 0 Å². The van der Waals surface area contributed by atoms with E-state index in [1.165, 1.54) is 35.5 Å². The van der Waals surface area contributed by atoms with Crippen LogP contribution in [-0.4, -0.2) is 28.0 Å². The second-order valence-corrected chi connectivity index (χ2v) is 7.68. The summed E-state index contributed by atoms with van der Waals surface area (Å²) in [4.78, 5) is 12.6. The van der Waals surface area contributed by atoms with Crippen LogP contribution in [-0.2, 0) is 13.0 Å².